The van der Waals surface area contributed by atoms with E-state index in [4.69, 9.17) is 31.0 Å². The molecule has 0 amide bonds. The molecule has 1 saturated heterocycles. The van der Waals surface area contributed by atoms with Crippen molar-refractivity contribution in [3.8, 4) is 22.9 Å². The second-order valence-electron chi connectivity index (χ2n) is 11.2. The van der Waals surface area contributed by atoms with Crippen LogP contribution < -0.4 is 10.3 Å². The van der Waals surface area contributed by atoms with Crippen molar-refractivity contribution >= 4 is 50.0 Å². The number of rotatable bonds is 8. The number of carbonyl (C=O) groups is 1. The molecular formula is C33H30ClN5O5S. The van der Waals surface area contributed by atoms with Gasteiger partial charge in [-0.15, -0.1) is 11.3 Å². The summed E-state index contributed by atoms with van der Waals surface area (Å²) in [6, 6.07) is 9.37. The number of nitrogens with zero attached hydrogens (tertiary/aromatic N) is 5. The highest BCUT2D eigenvalue weighted by Gasteiger charge is 2.23. The Morgan fingerprint density at radius 3 is 2.67 bits per heavy atom. The summed E-state index contributed by atoms with van der Waals surface area (Å²) in [4.78, 5) is 39.6. The number of aromatic carboxylic acids is 1. The Morgan fingerprint density at radius 2 is 1.93 bits per heavy atom. The van der Waals surface area contributed by atoms with Gasteiger partial charge in [0.25, 0.3) is 5.56 Å². The number of halogens is 1. The van der Waals surface area contributed by atoms with E-state index in [1.165, 1.54) is 15.9 Å². The van der Waals surface area contributed by atoms with Crippen molar-refractivity contribution in [3.63, 3.8) is 0 Å². The van der Waals surface area contributed by atoms with Crippen LogP contribution in [0.3, 0.4) is 0 Å². The largest absolute Gasteiger partial charge is 0.491 e. The van der Waals surface area contributed by atoms with Crippen molar-refractivity contribution in [3.05, 3.63) is 79.1 Å². The molecule has 0 saturated carbocycles. The van der Waals surface area contributed by atoms with Crippen LogP contribution in [0.4, 0.5) is 0 Å². The fourth-order valence-electron chi connectivity index (χ4n) is 5.93. The van der Waals surface area contributed by atoms with Gasteiger partial charge in [0.15, 0.2) is 0 Å². The summed E-state index contributed by atoms with van der Waals surface area (Å²) in [7, 11) is 0. The number of ether oxygens (including phenoxy) is 2. The van der Waals surface area contributed by atoms with E-state index >= 15 is 0 Å². The van der Waals surface area contributed by atoms with Crippen molar-refractivity contribution in [2.75, 3.05) is 19.8 Å². The maximum absolute atomic E-state index is 13.9. The summed E-state index contributed by atoms with van der Waals surface area (Å²) in [6.07, 6.45) is 2.39. The predicted octanol–water partition coefficient (Wildman–Crippen LogP) is 6.26. The minimum Gasteiger partial charge on any atom is -0.491 e. The minimum atomic E-state index is -1.04. The summed E-state index contributed by atoms with van der Waals surface area (Å²) in [5.74, 6) is 0.309. The molecule has 6 rings (SSSR count). The molecule has 1 aromatic carbocycles. The Morgan fingerprint density at radius 1 is 1.16 bits per heavy atom. The van der Waals surface area contributed by atoms with Crippen LogP contribution >= 0.6 is 22.9 Å². The zero-order chi connectivity index (χ0) is 31.8. The van der Waals surface area contributed by atoms with E-state index in [0.29, 0.717) is 80.5 Å². The number of carboxylic acids is 1. The molecular weight excluding hydrogens is 614 g/mol. The normalized spacial score (nSPS) is 13.8. The van der Waals surface area contributed by atoms with Crippen molar-refractivity contribution < 1.29 is 19.4 Å². The highest BCUT2D eigenvalue weighted by atomic mass is 35.5. The van der Waals surface area contributed by atoms with E-state index in [2.05, 4.69) is 11.1 Å². The third kappa shape index (κ3) is 5.89. The van der Waals surface area contributed by atoms with Gasteiger partial charge < -0.3 is 14.6 Å². The number of aryl methyl sites for hydroxylation is 3. The molecule has 0 unspecified atom stereocenters. The number of nitriles is 1. The molecule has 0 aliphatic carbocycles. The third-order valence-electron chi connectivity index (χ3n) is 8.16. The van der Waals surface area contributed by atoms with Gasteiger partial charge in [0.2, 0.25) is 0 Å². The molecule has 4 aromatic heterocycles. The van der Waals surface area contributed by atoms with E-state index in [-0.39, 0.29) is 35.2 Å². The van der Waals surface area contributed by atoms with Gasteiger partial charge >= 0.3 is 5.97 Å². The van der Waals surface area contributed by atoms with Crippen molar-refractivity contribution in [2.24, 2.45) is 5.92 Å². The molecule has 1 N–H and O–H groups in total. The zero-order valence-corrected chi connectivity index (χ0v) is 26.6. The highest BCUT2D eigenvalue weighted by molar-refractivity contribution is 7.18. The van der Waals surface area contributed by atoms with Gasteiger partial charge in [0.1, 0.15) is 29.8 Å². The van der Waals surface area contributed by atoms with Crippen LogP contribution in [0.5, 0.6) is 5.75 Å². The number of fused-ring (bicyclic) bond motifs is 2. The molecule has 12 heteroatoms. The van der Waals surface area contributed by atoms with Gasteiger partial charge in [-0.25, -0.2) is 9.78 Å². The van der Waals surface area contributed by atoms with E-state index < -0.39 is 5.97 Å². The first kappa shape index (κ1) is 30.6. The molecule has 5 heterocycles. The number of benzene rings is 1. The maximum Gasteiger partial charge on any atom is 0.338 e. The predicted molar refractivity (Wildman–Crippen MR) is 172 cm³/mol. The maximum atomic E-state index is 13.9. The lowest BCUT2D eigenvalue weighted by Gasteiger charge is -2.22. The van der Waals surface area contributed by atoms with Crippen LogP contribution in [0.1, 0.15) is 51.7 Å². The quantitative estimate of drug-likeness (QED) is 0.207. The summed E-state index contributed by atoms with van der Waals surface area (Å²) >= 11 is 7.70. The Kier molecular flexibility index (Phi) is 8.55. The van der Waals surface area contributed by atoms with Crippen molar-refractivity contribution in [1.29, 1.82) is 5.26 Å². The topological polar surface area (TPSA) is 140 Å². The Balaban J connectivity index is 1.34. The SMILES string of the molecule is Cc1cc(-c2cc(Cl)ccc2OCCn2c(C)nc3c(C)nc(CC4CCOCC4)c(C#N)c3c2=O)c2scc(C(=O)O)c2n1. The minimum absolute atomic E-state index is 0.126. The first-order valence-corrected chi connectivity index (χ1v) is 15.8. The molecule has 10 nitrogen and oxygen atoms in total. The summed E-state index contributed by atoms with van der Waals surface area (Å²) in [5.41, 5.74) is 4.31. The molecule has 1 aliphatic rings. The monoisotopic (exact) mass is 643 g/mol. The second-order valence-corrected chi connectivity index (χ2v) is 12.5. The average Bonchev–Trinajstić information content (AvgIpc) is 3.44. The van der Waals surface area contributed by atoms with E-state index in [0.717, 1.165) is 18.4 Å². The number of aromatic nitrogens is 4. The molecule has 5 aromatic rings. The molecule has 45 heavy (non-hydrogen) atoms. The molecule has 1 aliphatic heterocycles. The summed E-state index contributed by atoms with van der Waals surface area (Å²) < 4.78 is 14.0. The van der Waals surface area contributed by atoms with Crippen LogP contribution in [-0.2, 0) is 17.7 Å². The smallest absolute Gasteiger partial charge is 0.338 e. The van der Waals surface area contributed by atoms with Crippen molar-refractivity contribution in [2.45, 2.75) is 46.6 Å². The first-order valence-electron chi connectivity index (χ1n) is 14.6. The average molecular weight is 644 g/mol. The number of hydrogen-bond donors (Lipinski definition) is 1. The number of thiophene rings is 1. The van der Waals surface area contributed by atoms with Gasteiger partial charge in [0, 0.05) is 40.4 Å². The first-order chi connectivity index (χ1) is 21.7. The molecule has 230 valence electrons. The molecule has 0 bridgehead atoms. The lowest BCUT2D eigenvalue weighted by atomic mass is 9.92. The van der Waals surface area contributed by atoms with E-state index in [1.54, 1.807) is 37.4 Å². The van der Waals surface area contributed by atoms with Gasteiger partial charge in [-0.2, -0.15) is 5.26 Å². The Labute approximate surface area is 267 Å². The molecule has 1 fully saturated rings. The van der Waals surface area contributed by atoms with Crippen LogP contribution in [0.25, 0.3) is 32.2 Å². The van der Waals surface area contributed by atoms with Crippen LogP contribution in [0.15, 0.2) is 34.4 Å². The number of carboxylic acid groups (broad SMARTS) is 1. The number of hydrogen-bond acceptors (Lipinski definition) is 9. The van der Waals surface area contributed by atoms with Crippen molar-refractivity contribution in [1.82, 2.24) is 19.5 Å². The fourth-order valence-corrected chi connectivity index (χ4v) is 7.12. The van der Waals surface area contributed by atoms with Gasteiger partial charge in [0.05, 0.1) is 44.7 Å². The second kappa shape index (κ2) is 12.6. The fraction of sp³-hybridized carbons (Fsp3) is 0.333. The van der Waals surface area contributed by atoms with Gasteiger partial charge in [-0.3, -0.25) is 19.3 Å². The highest BCUT2D eigenvalue weighted by Crippen LogP contribution is 2.40. The van der Waals surface area contributed by atoms with Crippen LogP contribution in [0, 0.1) is 38.0 Å². The molecule has 0 spiro atoms. The molecule has 0 radical (unpaired) electrons. The molecule has 0 atom stereocenters. The summed E-state index contributed by atoms with van der Waals surface area (Å²) in [5, 5.41) is 22.2. The standard InChI is InChI=1S/C33H30ClN5O5S/c1-17-12-23(31-30(36-17)25(16-45-31)33(41)42)22-14-21(34)4-5-27(22)44-11-8-39-19(3)38-29-18(2)37-26(13-20-6-9-43-10-7-20)24(15-35)28(29)32(39)40/h4-5,12,14,16,20H,6-11,13H2,1-3H3,(H,41,42). The zero-order valence-electron chi connectivity index (χ0n) is 25.0. The van der Waals surface area contributed by atoms with Gasteiger partial charge in [-0.05, 0) is 70.2 Å². The Bertz CT molecular complexity index is 2080. The lowest BCUT2D eigenvalue weighted by Crippen LogP contribution is -2.28. The van der Waals surface area contributed by atoms with Crippen LogP contribution in [0.2, 0.25) is 5.02 Å². The van der Waals surface area contributed by atoms with E-state index in [1.807, 2.05) is 13.0 Å². The number of pyridine rings is 2. The summed E-state index contributed by atoms with van der Waals surface area (Å²) in [6.45, 7) is 7.06. The lowest BCUT2D eigenvalue weighted by molar-refractivity contribution is 0.0662. The Hall–Kier alpha value is -4.37. The third-order valence-corrected chi connectivity index (χ3v) is 9.40. The van der Waals surface area contributed by atoms with E-state index in [9.17, 15) is 20.0 Å². The van der Waals surface area contributed by atoms with Crippen LogP contribution in [-0.4, -0.2) is 50.4 Å². The van der Waals surface area contributed by atoms with Gasteiger partial charge in [-0.1, -0.05) is 11.6 Å².